The highest BCUT2D eigenvalue weighted by Crippen LogP contribution is 2.36. The Morgan fingerprint density at radius 2 is 2.28 bits per heavy atom. The number of hydrogen-bond donors (Lipinski definition) is 2. The first kappa shape index (κ1) is 13.2. The molecule has 1 heterocycles. The van der Waals surface area contributed by atoms with Crippen molar-refractivity contribution in [1.82, 2.24) is 0 Å². The van der Waals surface area contributed by atoms with E-state index in [-0.39, 0.29) is 5.91 Å². The van der Waals surface area contributed by atoms with Crippen LogP contribution in [-0.2, 0) is 11.3 Å². The number of anilines is 1. The topological polar surface area (TPSA) is 72.4 Å². The van der Waals surface area contributed by atoms with Crippen molar-refractivity contribution in [3.8, 4) is 0 Å². The third-order valence-corrected chi connectivity index (χ3v) is 4.06. The Labute approximate surface area is 112 Å². The molecule has 4 N–H and O–H groups in total. The lowest BCUT2D eigenvalue weighted by Crippen LogP contribution is -2.37. The molecule has 1 amide bonds. The maximum absolute atomic E-state index is 11.5. The second-order valence-corrected chi connectivity index (χ2v) is 5.45. The predicted octanol–water partition coefficient (Wildman–Crippen LogP) is 1.50. The molecule has 0 spiro atoms. The van der Waals surface area contributed by atoms with E-state index in [1.807, 2.05) is 25.1 Å². The molecule has 5 heteroatoms. The monoisotopic (exact) mass is 267 g/mol. The zero-order valence-corrected chi connectivity index (χ0v) is 11.2. The van der Waals surface area contributed by atoms with Crippen LogP contribution in [-0.4, -0.2) is 19.0 Å². The summed E-state index contributed by atoms with van der Waals surface area (Å²) >= 11 is 6.14. The van der Waals surface area contributed by atoms with Gasteiger partial charge in [-0.1, -0.05) is 17.7 Å². The molecule has 1 aromatic carbocycles. The number of nitrogens with two attached hydrogens (primary N) is 2. The Morgan fingerprint density at radius 1 is 1.56 bits per heavy atom. The minimum Gasteiger partial charge on any atom is -0.370 e. The molecule has 4 nitrogen and oxygen atoms in total. The van der Waals surface area contributed by atoms with Crippen molar-refractivity contribution in [2.24, 2.45) is 16.9 Å². The van der Waals surface area contributed by atoms with Crippen molar-refractivity contribution < 1.29 is 4.79 Å². The second kappa shape index (κ2) is 4.78. The van der Waals surface area contributed by atoms with Gasteiger partial charge in [-0.15, -0.1) is 0 Å². The van der Waals surface area contributed by atoms with Crippen molar-refractivity contribution in [2.75, 3.05) is 18.0 Å². The highest BCUT2D eigenvalue weighted by molar-refractivity contribution is 6.31. The minimum absolute atomic E-state index is 0.249. The molecule has 1 aromatic rings. The van der Waals surface area contributed by atoms with E-state index in [2.05, 4.69) is 4.90 Å². The van der Waals surface area contributed by atoms with Crippen molar-refractivity contribution in [1.29, 1.82) is 0 Å². The number of halogens is 1. The van der Waals surface area contributed by atoms with E-state index in [9.17, 15) is 4.79 Å². The van der Waals surface area contributed by atoms with E-state index in [4.69, 9.17) is 23.1 Å². The maximum atomic E-state index is 11.5. The third kappa shape index (κ3) is 2.18. The van der Waals surface area contributed by atoms with Gasteiger partial charge in [0, 0.05) is 35.9 Å². The van der Waals surface area contributed by atoms with Gasteiger partial charge < -0.3 is 16.4 Å². The average molecular weight is 268 g/mol. The zero-order valence-electron chi connectivity index (χ0n) is 10.4. The molecule has 2 rings (SSSR count). The Kier molecular flexibility index (Phi) is 3.50. The summed E-state index contributed by atoms with van der Waals surface area (Å²) in [7, 11) is 0. The minimum atomic E-state index is -0.464. The van der Waals surface area contributed by atoms with Gasteiger partial charge in [-0.3, -0.25) is 4.79 Å². The fourth-order valence-electron chi connectivity index (χ4n) is 2.41. The summed E-state index contributed by atoms with van der Waals surface area (Å²) < 4.78 is 0. The Morgan fingerprint density at radius 3 is 2.83 bits per heavy atom. The fourth-order valence-corrected chi connectivity index (χ4v) is 2.66. The van der Waals surface area contributed by atoms with E-state index < -0.39 is 5.41 Å². The first-order chi connectivity index (χ1) is 8.48. The van der Waals surface area contributed by atoms with Crippen LogP contribution < -0.4 is 16.4 Å². The Hall–Kier alpha value is -1.26. The number of carbonyl (C=O) groups excluding carboxylic acids is 1. The van der Waals surface area contributed by atoms with E-state index in [1.165, 1.54) is 0 Å². The van der Waals surface area contributed by atoms with Gasteiger partial charge in [-0.05, 0) is 25.5 Å². The van der Waals surface area contributed by atoms with Crippen LogP contribution in [0.15, 0.2) is 18.2 Å². The van der Waals surface area contributed by atoms with E-state index in [0.717, 1.165) is 24.2 Å². The van der Waals surface area contributed by atoms with Gasteiger partial charge in [-0.25, -0.2) is 0 Å². The highest BCUT2D eigenvalue weighted by Gasteiger charge is 2.39. The smallest absolute Gasteiger partial charge is 0.225 e. The first-order valence-corrected chi connectivity index (χ1v) is 6.38. The van der Waals surface area contributed by atoms with Gasteiger partial charge in [-0.2, -0.15) is 0 Å². The average Bonchev–Trinajstić information content (AvgIpc) is 2.73. The molecule has 0 bridgehead atoms. The molecule has 1 atom stereocenters. The molecular weight excluding hydrogens is 250 g/mol. The quantitative estimate of drug-likeness (QED) is 0.872. The largest absolute Gasteiger partial charge is 0.370 e. The van der Waals surface area contributed by atoms with Crippen molar-refractivity contribution in [3.05, 3.63) is 28.8 Å². The maximum Gasteiger partial charge on any atom is 0.225 e. The van der Waals surface area contributed by atoms with Crippen molar-refractivity contribution >= 4 is 23.2 Å². The van der Waals surface area contributed by atoms with Crippen LogP contribution >= 0.6 is 11.6 Å². The fraction of sp³-hybridized carbons (Fsp3) is 0.462. The number of rotatable bonds is 3. The highest BCUT2D eigenvalue weighted by atomic mass is 35.5. The molecule has 1 fully saturated rings. The van der Waals surface area contributed by atoms with Gasteiger partial charge >= 0.3 is 0 Å². The summed E-state index contributed by atoms with van der Waals surface area (Å²) in [4.78, 5) is 13.6. The molecule has 98 valence electrons. The standard InChI is InChI=1S/C13H18ClN3O/c1-13(12(16)18)5-6-17(8-13)11-4-2-3-10(14)9(11)7-15/h2-4H,5-8,15H2,1H3,(H2,16,18). The molecular formula is C13H18ClN3O. The number of primary amides is 1. The molecule has 1 saturated heterocycles. The summed E-state index contributed by atoms with van der Waals surface area (Å²) in [5, 5.41) is 0.669. The van der Waals surface area contributed by atoms with Crippen molar-refractivity contribution in [3.63, 3.8) is 0 Å². The molecule has 0 saturated carbocycles. The summed E-state index contributed by atoms with van der Waals surface area (Å²) in [6.45, 7) is 3.71. The summed E-state index contributed by atoms with van der Waals surface area (Å²) in [5.41, 5.74) is 12.7. The van der Waals surface area contributed by atoms with Crippen LogP contribution in [0.2, 0.25) is 5.02 Å². The normalized spacial score (nSPS) is 23.4. The van der Waals surface area contributed by atoms with Crippen LogP contribution in [0.4, 0.5) is 5.69 Å². The number of hydrogen-bond acceptors (Lipinski definition) is 3. The molecule has 1 aliphatic heterocycles. The number of nitrogens with zero attached hydrogens (tertiary/aromatic N) is 1. The van der Waals surface area contributed by atoms with Gasteiger partial charge in [0.05, 0.1) is 5.41 Å². The lowest BCUT2D eigenvalue weighted by atomic mass is 9.89. The molecule has 18 heavy (non-hydrogen) atoms. The number of benzene rings is 1. The summed E-state index contributed by atoms with van der Waals surface area (Å²) in [6.07, 6.45) is 0.763. The SMILES string of the molecule is CC1(C(N)=O)CCN(c2cccc(Cl)c2CN)C1. The Balaban J connectivity index is 2.30. The lowest BCUT2D eigenvalue weighted by Gasteiger charge is -2.24. The molecule has 0 aromatic heterocycles. The summed E-state index contributed by atoms with van der Waals surface area (Å²) in [5.74, 6) is -0.249. The molecule has 1 aliphatic rings. The van der Waals surface area contributed by atoms with Crippen LogP contribution in [0.3, 0.4) is 0 Å². The van der Waals surface area contributed by atoms with Crippen LogP contribution in [0.1, 0.15) is 18.9 Å². The zero-order chi connectivity index (χ0) is 13.3. The van der Waals surface area contributed by atoms with E-state index in [0.29, 0.717) is 18.1 Å². The van der Waals surface area contributed by atoms with Gasteiger partial charge in [0.15, 0.2) is 0 Å². The van der Waals surface area contributed by atoms with Crippen molar-refractivity contribution in [2.45, 2.75) is 19.9 Å². The molecule has 1 unspecified atom stereocenters. The predicted molar refractivity (Wildman–Crippen MR) is 73.5 cm³/mol. The summed E-state index contributed by atoms with van der Waals surface area (Å²) in [6, 6.07) is 5.72. The van der Waals surface area contributed by atoms with Crippen LogP contribution in [0, 0.1) is 5.41 Å². The van der Waals surface area contributed by atoms with Gasteiger partial charge in [0.25, 0.3) is 0 Å². The first-order valence-electron chi connectivity index (χ1n) is 6.00. The van der Waals surface area contributed by atoms with E-state index in [1.54, 1.807) is 0 Å². The lowest BCUT2D eigenvalue weighted by molar-refractivity contribution is -0.125. The number of carbonyl (C=O) groups is 1. The molecule has 0 aliphatic carbocycles. The third-order valence-electron chi connectivity index (χ3n) is 3.71. The molecule has 0 radical (unpaired) electrons. The number of amides is 1. The Bertz CT molecular complexity index is 477. The second-order valence-electron chi connectivity index (χ2n) is 5.04. The van der Waals surface area contributed by atoms with Crippen LogP contribution in [0.5, 0.6) is 0 Å². The van der Waals surface area contributed by atoms with Gasteiger partial charge in [0.2, 0.25) is 5.91 Å². The van der Waals surface area contributed by atoms with E-state index >= 15 is 0 Å². The van der Waals surface area contributed by atoms with Gasteiger partial charge in [0.1, 0.15) is 0 Å². The van der Waals surface area contributed by atoms with Crippen LogP contribution in [0.25, 0.3) is 0 Å².